The van der Waals surface area contributed by atoms with Crippen LogP contribution in [0.3, 0.4) is 0 Å². The van der Waals surface area contributed by atoms with E-state index in [1.165, 1.54) is 6.07 Å². The van der Waals surface area contributed by atoms with E-state index < -0.39 is 17.0 Å². The maximum absolute atomic E-state index is 13.7. The molecule has 0 aliphatic carbocycles. The number of anilines is 1. The molecule has 0 bridgehead atoms. The number of esters is 1. The topological polar surface area (TPSA) is 49.9 Å². The maximum atomic E-state index is 13.7. The fraction of sp³-hybridized carbons (Fsp3) is 0.652. The first-order valence-electron chi connectivity index (χ1n) is 10.8. The van der Waals surface area contributed by atoms with E-state index in [1.807, 2.05) is 20.8 Å². The maximum Gasteiger partial charge on any atom is 0.311 e. The number of carbonyl (C=O) groups excluding carboxylic acids is 2. The number of ether oxygens (including phenoxy) is 1. The van der Waals surface area contributed by atoms with Crippen molar-refractivity contribution in [3.05, 3.63) is 29.3 Å². The molecule has 5 nitrogen and oxygen atoms in total. The van der Waals surface area contributed by atoms with E-state index in [2.05, 4.69) is 4.90 Å². The molecule has 7 heteroatoms. The highest BCUT2D eigenvalue weighted by Crippen LogP contribution is 2.30. The van der Waals surface area contributed by atoms with Crippen LogP contribution < -0.4 is 4.90 Å². The summed E-state index contributed by atoms with van der Waals surface area (Å²) < 4.78 is 32.6. The molecule has 2 heterocycles. The van der Waals surface area contributed by atoms with E-state index in [-0.39, 0.29) is 11.9 Å². The molecule has 2 aliphatic rings. The van der Waals surface area contributed by atoms with Crippen molar-refractivity contribution in [3.63, 3.8) is 0 Å². The standard InChI is InChI=1S/C23H32F2N2O3/c1-23(2,3)22(29)30-15-16-7-11-26(12-8-16)9-4-10-27-20-14-19(25)18(24)13-17(20)5-6-21(27)28/h13-14,16H,4-12,15H2,1-3H3. The van der Waals surface area contributed by atoms with Gasteiger partial charge in [-0.25, -0.2) is 8.78 Å². The second-order valence-electron chi connectivity index (χ2n) is 9.43. The van der Waals surface area contributed by atoms with Crippen LogP contribution >= 0.6 is 0 Å². The highest BCUT2D eigenvalue weighted by molar-refractivity contribution is 5.96. The third-order valence-corrected chi connectivity index (χ3v) is 5.95. The molecular weight excluding hydrogens is 390 g/mol. The monoisotopic (exact) mass is 422 g/mol. The first-order valence-corrected chi connectivity index (χ1v) is 10.8. The summed E-state index contributed by atoms with van der Waals surface area (Å²) >= 11 is 0. The number of aryl methyl sites for hydroxylation is 1. The molecule has 1 aromatic carbocycles. The molecule has 166 valence electrons. The average Bonchev–Trinajstić information content (AvgIpc) is 2.69. The Hall–Kier alpha value is -2.02. The van der Waals surface area contributed by atoms with Crippen molar-refractivity contribution in [1.82, 2.24) is 4.90 Å². The van der Waals surface area contributed by atoms with Crippen LogP contribution in [0.25, 0.3) is 0 Å². The Bertz CT molecular complexity index is 783. The lowest BCUT2D eigenvalue weighted by molar-refractivity contribution is -0.154. The summed E-state index contributed by atoms with van der Waals surface area (Å²) in [6.45, 7) is 9.25. The van der Waals surface area contributed by atoms with E-state index in [0.717, 1.165) is 45.0 Å². The molecule has 1 fully saturated rings. The first kappa shape index (κ1) is 22.7. The number of nitrogens with zero attached hydrogens (tertiary/aromatic N) is 2. The summed E-state index contributed by atoms with van der Waals surface area (Å²) in [4.78, 5) is 28.2. The first-order chi connectivity index (χ1) is 14.1. The highest BCUT2D eigenvalue weighted by Gasteiger charge is 2.27. The number of hydrogen-bond acceptors (Lipinski definition) is 4. The molecule has 0 spiro atoms. The molecule has 0 unspecified atom stereocenters. The van der Waals surface area contributed by atoms with Crippen LogP contribution in [0.2, 0.25) is 0 Å². The third-order valence-electron chi connectivity index (χ3n) is 5.95. The number of fused-ring (bicyclic) bond motifs is 1. The van der Waals surface area contributed by atoms with E-state index in [4.69, 9.17) is 4.74 Å². The lowest BCUT2D eigenvalue weighted by Crippen LogP contribution is -2.40. The van der Waals surface area contributed by atoms with Crippen LogP contribution in [-0.2, 0) is 20.7 Å². The van der Waals surface area contributed by atoms with Gasteiger partial charge in [-0.2, -0.15) is 0 Å². The Morgan fingerprint density at radius 3 is 2.43 bits per heavy atom. The molecule has 30 heavy (non-hydrogen) atoms. The Balaban J connectivity index is 1.43. The van der Waals surface area contributed by atoms with Gasteiger partial charge in [0.25, 0.3) is 0 Å². The predicted octanol–water partition coefficient (Wildman–Crippen LogP) is 3.94. The molecule has 0 atom stereocenters. The number of benzene rings is 1. The van der Waals surface area contributed by atoms with Crippen molar-refractivity contribution in [1.29, 1.82) is 0 Å². The van der Waals surface area contributed by atoms with Gasteiger partial charge in [0, 0.05) is 24.7 Å². The van der Waals surface area contributed by atoms with Gasteiger partial charge in [-0.15, -0.1) is 0 Å². The average molecular weight is 423 g/mol. The zero-order valence-corrected chi connectivity index (χ0v) is 18.2. The Labute approximate surface area is 177 Å². The molecule has 1 saturated heterocycles. The van der Waals surface area contributed by atoms with Gasteiger partial charge >= 0.3 is 5.97 Å². The van der Waals surface area contributed by atoms with Gasteiger partial charge in [0.15, 0.2) is 11.6 Å². The number of rotatable bonds is 6. The fourth-order valence-corrected chi connectivity index (χ4v) is 4.02. The molecule has 0 N–H and O–H groups in total. The lowest BCUT2D eigenvalue weighted by Gasteiger charge is -2.33. The molecule has 3 rings (SSSR count). The number of halogens is 2. The van der Waals surface area contributed by atoms with Gasteiger partial charge in [0.1, 0.15) is 0 Å². The molecule has 0 saturated carbocycles. The Morgan fingerprint density at radius 1 is 1.10 bits per heavy atom. The normalized spacial score (nSPS) is 18.4. The Morgan fingerprint density at radius 2 is 1.77 bits per heavy atom. The lowest BCUT2D eigenvalue weighted by atomic mass is 9.96. The molecule has 1 amide bonds. The van der Waals surface area contributed by atoms with Crippen molar-refractivity contribution in [3.8, 4) is 0 Å². The smallest absolute Gasteiger partial charge is 0.311 e. The van der Waals surface area contributed by atoms with E-state index in [0.29, 0.717) is 43.2 Å². The van der Waals surface area contributed by atoms with Gasteiger partial charge in [0.05, 0.1) is 12.0 Å². The minimum atomic E-state index is -0.914. The van der Waals surface area contributed by atoms with Crippen LogP contribution in [-0.4, -0.2) is 49.6 Å². The van der Waals surface area contributed by atoms with Crippen molar-refractivity contribution < 1.29 is 23.1 Å². The molecule has 0 radical (unpaired) electrons. The summed E-state index contributed by atoms with van der Waals surface area (Å²) in [6.07, 6.45) is 3.51. The minimum absolute atomic E-state index is 0.0344. The summed E-state index contributed by atoms with van der Waals surface area (Å²) in [7, 11) is 0. The zero-order chi connectivity index (χ0) is 21.9. The van der Waals surface area contributed by atoms with Gasteiger partial charge < -0.3 is 14.5 Å². The number of likely N-dealkylation sites (tertiary alicyclic amines) is 1. The van der Waals surface area contributed by atoms with Crippen LogP contribution in [0, 0.1) is 23.0 Å². The summed E-state index contributed by atoms with van der Waals surface area (Å²) in [5.74, 6) is -1.58. The van der Waals surface area contributed by atoms with Crippen LogP contribution in [0.15, 0.2) is 12.1 Å². The Kier molecular flexibility index (Phi) is 7.11. The van der Waals surface area contributed by atoms with E-state index in [9.17, 15) is 18.4 Å². The van der Waals surface area contributed by atoms with Gasteiger partial charge in [0.2, 0.25) is 5.91 Å². The highest BCUT2D eigenvalue weighted by atomic mass is 19.2. The molecule has 1 aromatic rings. The van der Waals surface area contributed by atoms with Crippen molar-refractivity contribution in [2.75, 3.05) is 37.7 Å². The number of carbonyl (C=O) groups is 2. The van der Waals surface area contributed by atoms with Crippen LogP contribution in [0.5, 0.6) is 0 Å². The summed E-state index contributed by atoms with van der Waals surface area (Å²) in [5, 5.41) is 0. The summed E-state index contributed by atoms with van der Waals surface area (Å²) in [5.41, 5.74) is 0.725. The quantitative estimate of drug-likeness (QED) is 0.652. The third kappa shape index (κ3) is 5.56. The van der Waals surface area contributed by atoms with Gasteiger partial charge in [-0.3, -0.25) is 9.59 Å². The predicted molar refractivity (Wildman–Crippen MR) is 111 cm³/mol. The van der Waals surface area contributed by atoms with Crippen molar-refractivity contribution in [2.45, 2.75) is 52.9 Å². The van der Waals surface area contributed by atoms with Gasteiger partial charge in [-0.1, -0.05) is 0 Å². The molecule has 0 aromatic heterocycles. The number of piperidine rings is 1. The van der Waals surface area contributed by atoms with E-state index in [1.54, 1.807) is 4.90 Å². The number of hydrogen-bond donors (Lipinski definition) is 0. The van der Waals surface area contributed by atoms with Crippen LogP contribution in [0.4, 0.5) is 14.5 Å². The van der Waals surface area contributed by atoms with Crippen molar-refractivity contribution in [2.24, 2.45) is 11.3 Å². The zero-order valence-electron chi connectivity index (χ0n) is 18.2. The second-order valence-corrected chi connectivity index (χ2v) is 9.43. The summed E-state index contributed by atoms with van der Waals surface area (Å²) in [6, 6.07) is 2.35. The minimum Gasteiger partial charge on any atom is -0.465 e. The van der Waals surface area contributed by atoms with Crippen LogP contribution in [0.1, 0.15) is 52.0 Å². The SMILES string of the molecule is CC(C)(C)C(=O)OCC1CCN(CCCN2C(=O)CCc3cc(F)c(F)cc32)CC1. The van der Waals surface area contributed by atoms with Crippen molar-refractivity contribution >= 4 is 17.6 Å². The largest absolute Gasteiger partial charge is 0.465 e. The number of amides is 1. The van der Waals surface area contributed by atoms with Gasteiger partial charge in [-0.05, 0) is 83.6 Å². The molecular formula is C23H32F2N2O3. The molecule has 2 aliphatic heterocycles. The second kappa shape index (κ2) is 9.41. The fourth-order valence-electron chi connectivity index (χ4n) is 4.02. The van der Waals surface area contributed by atoms with E-state index >= 15 is 0 Å².